The molecule has 0 amide bonds. The minimum absolute atomic E-state index is 0.0529. The summed E-state index contributed by atoms with van der Waals surface area (Å²) in [6.45, 7) is 5.97. The molecule has 1 aromatic heterocycles. The average molecular weight is 528 g/mol. The molecule has 1 unspecified atom stereocenters. The average Bonchev–Trinajstić information content (AvgIpc) is 3.24. The molecular formula is C35H33N3S. The van der Waals surface area contributed by atoms with Crippen LogP contribution in [0.25, 0.3) is 23.2 Å². The van der Waals surface area contributed by atoms with Crippen LogP contribution in [0.2, 0.25) is 0 Å². The van der Waals surface area contributed by atoms with E-state index >= 15 is 0 Å². The monoisotopic (exact) mass is 527 g/mol. The predicted molar refractivity (Wildman–Crippen MR) is 170 cm³/mol. The molecule has 0 saturated heterocycles. The molecule has 1 atom stereocenters. The second-order valence-corrected chi connectivity index (χ2v) is 10.3. The molecule has 0 saturated carbocycles. The zero-order valence-corrected chi connectivity index (χ0v) is 22.9. The molecule has 3 N–H and O–H groups in total. The molecule has 0 radical (unpaired) electrons. The van der Waals surface area contributed by atoms with E-state index in [0.717, 1.165) is 23.2 Å². The van der Waals surface area contributed by atoms with Crippen LogP contribution in [0.5, 0.6) is 0 Å². The van der Waals surface area contributed by atoms with E-state index in [0.29, 0.717) is 0 Å². The number of hydrogen-bond donors (Lipinski definition) is 2. The van der Waals surface area contributed by atoms with E-state index in [1.54, 1.807) is 0 Å². The molecule has 0 fully saturated rings. The minimum atomic E-state index is -0.0529. The van der Waals surface area contributed by atoms with Crippen molar-refractivity contribution in [1.29, 1.82) is 0 Å². The van der Waals surface area contributed by atoms with Gasteiger partial charge in [0.05, 0.1) is 16.2 Å². The lowest BCUT2D eigenvalue weighted by Crippen LogP contribution is -2.11. The van der Waals surface area contributed by atoms with E-state index in [9.17, 15) is 0 Å². The number of allylic oxidation sites excluding steroid dienone is 9. The fraction of sp³-hybridized carbons (Fsp3) is 0.0857. The van der Waals surface area contributed by atoms with Crippen molar-refractivity contribution in [3.63, 3.8) is 0 Å². The third-order valence-electron chi connectivity index (χ3n) is 6.83. The summed E-state index contributed by atoms with van der Waals surface area (Å²) < 4.78 is 2.35. The zero-order valence-electron chi connectivity index (χ0n) is 22.1. The maximum absolute atomic E-state index is 5.96. The number of rotatable bonds is 8. The Morgan fingerprint density at radius 2 is 1.79 bits per heavy atom. The van der Waals surface area contributed by atoms with Crippen LogP contribution in [-0.2, 0) is 6.42 Å². The maximum atomic E-state index is 5.96. The number of fused-ring (bicyclic) bond motifs is 4. The number of hydrazine groups is 1. The van der Waals surface area contributed by atoms with E-state index in [4.69, 9.17) is 5.84 Å². The standard InChI is InChI=1S/C35H33N3S/c1-3-5-7-18-28(29-19-9-11-22-32(29)37-36)27(15-6-4-2)25-38-33-23-12-10-20-30(33)31-21-14-17-26-16-8-13-24-34(26)39-35(31)38/h3-16,18-25,28,37H,2,17,36H2,1H3/b5-3-,15-6-,18-7-,21-14-,27-25+. The number of nitrogens with zero attached hydrogens (tertiary/aromatic N) is 1. The Balaban J connectivity index is 1.78. The van der Waals surface area contributed by atoms with Crippen LogP contribution in [0, 0.1) is 0 Å². The quantitative estimate of drug-likeness (QED) is 0.136. The van der Waals surface area contributed by atoms with Gasteiger partial charge in [0.15, 0.2) is 0 Å². The fourth-order valence-electron chi connectivity index (χ4n) is 4.97. The van der Waals surface area contributed by atoms with Crippen molar-refractivity contribution in [3.05, 3.63) is 150 Å². The summed E-state index contributed by atoms with van der Waals surface area (Å²) in [5, 5.41) is 2.44. The van der Waals surface area contributed by atoms with Gasteiger partial charge in [-0.05, 0) is 48.2 Å². The van der Waals surface area contributed by atoms with Gasteiger partial charge in [-0.3, -0.25) is 5.84 Å². The summed E-state index contributed by atoms with van der Waals surface area (Å²) in [5.74, 6) is 5.91. The van der Waals surface area contributed by atoms with Gasteiger partial charge in [-0.15, -0.1) is 0 Å². The number of anilines is 1. The van der Waals surface area contributed by atoms with Gasteiger partial charge in [-0.2, -0.15) is 0 Å². The first-order valence-electron chi connectivity index (χ1n) is 13.2. The van der Waals surface area contributed by atoms with Crippen LogP contribution in [0.4, 0.5) is 5.69 Å². The first-order valence-corrected chi connectivity index (χ1v) is 14.0. The molecule has 5 rings (SSSR count). The van der Waals surface area contributed by atoms with Crippen molar-refractivity contribution in [2.75, 3.05) is 5.43 Å². The second kappa shape index (κ2) is 12.5. The second-order valence-electron chi connectivity index (χ2n) is 9.27. The third-order valence-corrected chi connectivity index (χ3v) is 8.05. The SMILES string of the molecule is C=C/C=C\C(=C/n1c2c(c3ccccc31)/C=C\Cc1ccccc1S2)C(/C=C\C=C/C)c1ccccc1NN. The Kier molecular flexibility index (Phi) is 8.47. The normalized spacial score (nSPS) is 15.3. The van der Waals surface area contributed by atoms with Gasteiger partial charge in [0.2, 0.25) is 0 Å². The highest BCUT2D eigenvalue weighted by atomic mass is 32.2. The molecule has 3 nitrogen and oxygen atoms in total. The van der Waals surface area contributed by atoms with Gasteiger partial charge in [0.25, 0.3) is 0 Å². The first-order chi connectivity index (χ1) is 19.2. The Bertz CT molecular complexity index is 1630. The number of nitrogens with two attached hydrogens (primary N) is 1. The highest BCUT2D eigenvalue weighted by Gasteiger charge is 2.21. The van der Waals surface area contributed by atoms with Gasteiger partial charge < -0.3 is 9.99 Å². The molecule has 4 aromatic rings. The molecule has 2 heterocycles. The smallest absolute Gasteiger partial charge is 0.0922 e. The highest BCUT2D eigenvalue weighted by Crippen LogP contribution is 2.42. The van der Waals surface area contributed by atoms with E-state index in [1.807, 2.05) is 49.0 Å². The van der Waals surface area contributed by atoms with E-state index in [1.165, 1.54) is 32.0 Å². The zero-order chi connectivity index (χ0) is 27.0. The molecule has 4 heteroatoms. The number of para-hydroxylation sites is 2. The van der Waals surface area contributed by atoms with Crippen molar-refractivity contribution in [2.45, 2.75) is 29.2 Å². The lowest BCUT2D eigenvalue weighted by atomic mass is 9.89. The number of aromatic nitrogens is 1. The molecule has 0 spiro atoms. The summed E-state index contributed by atoms with van der Waals surface area (Å²) >= 11 is 1.83. The van der Waals surface area contributed by atoms with Crippen LogP contribution in [0.3, 0.4) is 0 Å². The number of nitrogens with one attached hydrogen (secondary N) is 1. The van der Waals surface area contributed by atoms with Crippen molar-refractivity contribution in [1.82, 2.24) is 4.57 Å². The van der Waals surface area contributed by atoms with Gasteiger partial charge in [-0.1, -0.05) is 128 Å². The van der Waals surface area contributed by atoms with Crippen LogP contribution in [0.1, 0.15) is 29.5 Å². The summed E-state index contributed by atoms with van der Waals surface area (Å²) in [5.41, 5.74) is 9.76. The van der Waals surface area contributed by atoms with Gasteiger partial charge in [0, 0.05) is 28.0 Å². The minimum Gasteiger partial charge on any atom is -0.324 e. The summed E-state index contributed by atoms with van der Waals surface area (Å²) in [6, 6.07) is 25.5. The van der Waals surface area contributed by atoms with Crippen molar-refractivity contribution in [3.8, 4) is 0 Å². The predicted octanol–water partition coefficient (Wildman–Crippen LogP) is 9.15. The topological polar surface area (TPSA) is 43.0 Å². The van der Waals surface area contributed by atoms with Crippen LogP contribution >= 0.6 is 11.8 Å². The maximum Gasteiger partial charge on any atom is 0.0922 e. The Labute approximate surface area is 235 Å². The fourth-order valence-corrected chi connectivity index (χ4v) is 6.15. The molecule has 0 aliphatic carbocycles. The number of hydrogen-bond acceptors (Lipinski definition) is 3. The molecule has 3 aromatic carbocycles. The molecule has 1 aliphatic heterocycles. The largest absolute Gasteiger partial charge is 0.324 e. The van der Waals surface area contributed by atoms with Gasteiger partial charge in [0.1, 0.15) is 0 Å². The number of benzene rings is 3. The molecule has 1 aliphatic rings. The van der Waals surface area contributed by atoms with Gasteiger partial charge >= 0.3 is 0 Å². The Morgan fingerprint density at radius 1 is 1.00 bits per heavy atom. The van der Waals surface area contributed by atoms with Crippen LogP contribution in [-0.4, -0.2) is 4.57 Å². The lowest BCUT2D eigenvalue weighted by Gasteiger charge is -2.20. The molecule has 39 heavy (non-hydrogen) atoms. The van der Waals surface area contributed by atoms with Crippen molar-refractivity contribution in [2.24, 2.45) is 5.84 Å². The number of nitrogen functional groups attached to an aromatic ring is 1. The summed E-state index contributed by atoms with van der Waals surface area (Å²) in [4.78, 5) is 1.28. The van der Waals surface area contributed by atoms with Crippen LogP contribution < -0.4 is 11.3 Å². The lowest BCUT2D eigenvalue weighted by molar-refractivity contribution is 0.984. The van der Waals surface area contributed by atoms with Crippen molar-refractivity contribution >= 4 is 40.6 Å². The molecular weight excluding hydrogens is 494 g/mol. The van der Waals surface area contributed by atoms with E-state index < -0.39 is 0 Å². The van der Waals surface area contributed by atoms with E-state index in [2.05, 4.69) is 120 Å². The van der Waals surface area contributed by atoms with E-state index in [-0.39, 0.29) is 5.92 Å². The highest BCUT2D eigenvalue weighted by molar-refractivity contribution is 7.99. The Hall–Kier alpha value is -4.25. The third kappa shape index (κ3) is 5.63. The van der Waals surface area contributed by atoms with Gasteiger partial charge in [-0.25, -0.2) is 0 Å². The first kappa shape index (κ1) is 26.4. The van der Waals surface area contributed by atoms with Crippen LogP contribution in [0.15, 0.2) is 143 Å². The molecule has 194 valence electrons. The summed E-state index contributed by atoms with van der Waals surface area (Å²) in [6.07, 6.45) is 22.1. The molecule has 0 bridgehead atoms. The summed E-state index contributed by atoms with van der Waals surface area (Å²) in [7, 11) is 0. The Morgan fingerprint density at radius 3 is 2.64 bits per heavy atom. The van der Waals surface area contributed by atoms with Crippen molar-refractivity contribution < 1.29 is 0 Å².